The molecule has 6 heteroatoms. The van der Waals surface area contributed by atoms with Crippen LogP contribution >= 0.6 is 11.8 Å². The first kappa shape index (κ1) is 18.7. The van der Waals surface area contributed by atoms with Crippen LogP contribution in [0.3, 0.4) is 0 Å². The van der Waals surface area contributed by atoms with Crippen LogP contribution in [0.4, 0.5) is 0 Å². The molecule has 5 nitrogen and oxygen atoms in total. The molecule has 0 radical (unpaired) electrons. The topological polar surface area (TPSA) is 59.2 Å². The minimum absolute atomic E-state index is 0.0716. The fourth-order valence-electron chi connectivity index (χ4n) is 3.72. The predicted octanol–water partition coefficient (Wildman–Crippen LogP) is 4.67. The van der Waals surface area contributed by atoms with E-state index < -0.39 is 0 Å². The Morgan fingerprint density at radius 2 is 1.96 bits per heavy atom. The number of hydrogen-bond acceptors (Lipinski definition) is 5. The highest BCUT2D eigenvalue weighted by molar-refractivity contribution is 7.99. The molecule has 3 aromatic rings. The van der Waals surface area contributed by atoms with Crippen LogP contribution in [-0.2, 0) is 11.2 Å². The Morgan fingerprint density at radius 3 is 2.82 bits per heavy atom. The van der Waals surface area contributed by atoms with Gasteiger partial charge in [0.2, 0.25) is 11.8 Å². The van der Waals surface area contributed by atoms with Crippen molar-refractivity contribution in [3.8, 4) is 11.5 Å². The lowest BCUT2D eigenvalue weighted by atomic mass is 9.87. The molecule has 4 rings (SSSR count). The van der Waals surface area contributed by atoms with Gasteiger partial charge in [-0.25, -0.2) is 0 Å². The van der Waals surface area contributed by atoms with E-state index in [1.54, 1.807) is 0 Å². The Morgan fingerprint density at radius 1 is 1.18 bits per heavy atom. The smallest absolute Gasteiger partial charge is 0.277 e. The van der Waals surface area contributed by atoms with Crippen molar-refractivity contribution < 1.29 is 9.21 Å². The largest absolute Gasteiger partial charge is 0.411 e. The summed E-state index contributed by atoms with van der Waals surface area (Å²) in [4.78, 5) is 14.6. The minimum Gasteiger partial charge on any atom is -0.411 e. The lowest BCUT2D eigenvalue weighted by molar-refractivity contribution is -0.129. The zero-order chi connectivity index (χ0) is 19.5. The summed E-state index contributed by atoms with van der Waals surface area (Å²) in [6.07, 6.45) is 3.20. The third kappa shape index (κ3) is 3.83. The number of rotatable bonds is 5. The van der Waals surface area contributed by atoms with E-state index in [1.807, 2.05) is 43.1 Å². The van der Waals surface area contributed by atoms with Crippen molar-refractivity contribution >= 4 is 17.7 Å². The number of benzene rings is 2. The average molecular weight is 394 g/mol. The molecule has 0 fully saturated rings. The van der Waals surface area contributed by atoms with E-state index in [1.165, 1.54) is 22.9 Å². The molecule has 2 aromatic carbocycles. The fourth-order valence-corrected chi connectivity index (χ4v) is 4.41. The average Bonchev–Trinajstić information content (AvgIpc) is 3.20. The molecular weight excluding hydrogens is 370 g/mol. The molecule has 1 aliphatic carbocycles. The van der Waals surface area contributed by atoms with Crippen molar-refractivity contribution in [2.45, 2.75) is 37.5 Å². The Bertz CT molecular complexity index is 985. The summed E-state index contributed by atoms with van der Waals surface area (Å²) >= 11 is 1.29. The molecule has 1 aliphatic rings. The number of fused-ring (bicyclic) bond motifs is 1. The molecule has 1 aromatic heterocycles. The highest BCUT2D eigenvalue weighted by atomic mass is 32.2. The van der Waals surface area contributed by atoms with Crippen LogP contribution in [-0.4, -0.2) is 33.8 Å². The highest BCUT2D eigenvalue weighted by Crippen LogP contribution is 2.34. The van der Waals surface area contributed by atoms with Gasteiger partial charge in [0, 0.05) is 12.6 Å². The second-order valence-corrected chi connectivity index (χ2v) is 8.01. The second kappa shape index (κ2) is 8.19. The zero-order valence-corrected chi connectivity index (χ0v) is 16.9. The molecule has 1 heterocycles. The normalized spacial score (nSPS) is 15.9. The summed E-state index contributed by atoms with van der Waals surface area (Å²) in [7, 11) is 1.89. The van der Waals surface area contributed by atoms with Gasteiger partial charge in [-0.3, -0.25) is 4.79 Å². The maximum Gasteiger partial charge on any atom is 0.277 e. The number of aryl methyl sites for hydroxylation is 2. The number of carbonyl (C=O) groups excluding carboxylic acids is 1. The summed E-state index contributed by atoms with van der Waals surface area (Å²) in [5, 5.41) is 8.64. The monoisotopic (exact) mass is 393 g/mol. The van der Waals surface area contributed by atoms with E-state index in [-0.39, 0.29) is 17.7 Å². The van der Waals surface area contributed by atoms with Crippen LogP contribution in [0.5, 0.6) is 0 Å². The summed E-state index contributed by atoms with van der Waals surface area (Å²) < 4.78 is 5.75. The molecule has 0 N–H and O–H groups in total. The molecule has 0 aliphatic heterocycles. The van der Waals surface area contributed by atoms with Crippen LogP contribution in [0.1, 0.15) is 35.6 Å². The standard InChI is InChI=1S/C22H23N3O2S/c1-15-8-3-5-11-17(15)21-23-24-22(27-21)28-14-20(26)25(2)19-13-7-10-16-9-4-6-12-18(16)19/h3-6,8-9,11-12,19H,7,10,13-14H2,1-2H3. The van der Waals surface area contributed by atoms with Crippen LogP contribution in [0.25, 0.3) is 11.5 Å². The Kier molecular flexibility index (Phi) is 5.48. The van der Waals surface area contributed by atoms with Crippen LogP contribution in [0.15, 0.2) is 58.2 Å². The third-order valence-electron chi connectivity index (χ3n) is 5.30. The van der Waals surface area contributed by atoms with Gasteiger partial charge in [0.1, 0.15) is 0 Å². The first-order valence-corrected chi connectivity index (χ1v) is 10.5. The van der Waals surface area contributed by atoms with Crippen molar-refractivity contribution in [1.29, 1.82) is 0 Å². The molecule has 0 bridgehead atoms. The molecule has 0 saturated heterocycles. The van der Waals surface area contributed by atoms with Gasteiger partial charge in [0.15, 0.2) is 0 Å². The maximum atomic E-state index is 12.8. The van der Waals surface area contributed by atoms with Crippen molar-refractivity contribution in [3.63, 3.8) is 0 Å². The zero-order valence-electron chi connectivity index (χ0n) is 16.1. The van der Waals surface area contributed by atoms with Crippen LogP contribution < -0.4 is 0 Å². The van der Waals surface area contributed by atoms with Gasteiger partial charge < -0.3 is 9.32 Å². The lowest BCUT2D eigenvalue weighted by Crippen LogP contribution is -2.34. The summed E-state index contributed by atoms with van der Waals surface area (Å²) in [5.41, 5.74) is 4.62. The van der Waals surface area contributed by atoms with E-state index in [2.05, 4.69) is 34.5 Å². The minimum atomic E-state index is 0.0716. The summed E-state index contributed by atoms with van der Waals surface area (Å²) in [5.74, 6) is 0.842. The number of aromatic nitrogens is 2. The molecule has 1 unspecified atom stereocenters. The number of thioether (sulfide) groups is 1. The second-order valence-electron chi connectivity index (χ2n) is 7.09. The Labute approximate surface area is 169 Å². The van der Waals surface area contributed by atoms with Crippen molar-refractivity contribution in [3.05, 3.63) is 65.2 Å². The number of carbonyl (C=O) groups is 1. The number of nitrogens with zero attached hydrogens (tertiary/aromatic N) is 3. The highest BCUT2D eigenvalue weighted by Gasteiger charge is 2.26. The number of amides is 1. The van der Waals surface area contributed by atoms with E-state index in [0.29, 0.717) is 11.1 Å². The van der Waals surface area contributed by atoms with Gasteiger partial charge in [0.25, 0.3) is 5.22 Å². The third-order valence-corrected chi connectivity index (χ3v) is 6.10. The molecule has 1 atom stereocenters. The van der Waals surface area contributed by atoms with E-state index in [0.717, 1.165) is 30.4 Å². The van der Waals surface area contributed by atoms with E-state index >= 15 is 0 Å². The van der Waals surface area contributed by atoms with Gasteiger partial charge >= 0.3 is 0 Å². The SMILES string of the molecule is Cc1ccccc1-c1nnc(SCC(=O)N(C)C2CCCc3ccccc32)o1. The van der Waals surface area contributed by atoms with Crippen LogP contribution in [0.2, 0.25) is 0 Å². The summed E-state index contributed by atoms with van der Waals surface area (Å²) in [6.45, 7) is 2.01. The van der Waals surface area contributed by atoms with Gasteiger partial charge in [-0.1, -0.05) is 54.2 Å². The van der Waals surface area contributed by atoms with Crippen molar-refractivity contribution in [1.82, 2.24) is 15.1 Å². The molecule has 0 spiro atoms. The lowest BCUT2D eigenvalue weighted by Gasteiger charge is -2.33. The van der Waals surface area contributed by atoms with Gasteiger partial charge in [0.05, 0.1) is 11.8 Å². The molecule has 28 heavy (non-hydrogen) atoms. The molecule has 0 saturated carbocycles. The van der Waals surface area contributed by atoms with Crippen molar-refractivity contribution in [2.24, 2.45) is 0 Å². The first-order valence-electron chi connectivity index (χ1n) is 9.49. The van der Waals surface area contributed by atoms with Crippen LogP contribution in [0, 0.1) is 6.92 Å². The summed E-state index contributed by atoms with van der Waals surface area (Å²) in [6, 6.07) is 16.5. The Hall–Kier alpha value is -2.60. The molecule has 144 valence electrons. The molecule has 1 amide bonds. The van der Waals surface area contributed by atoms with Gasteiger partial charge in [-0.2, -0.15) is 0 Å². The van der Waals surface area contributed by atoms with Gasteiger partial charge in [-0.15, -0.1) is 10.2 Å². The fraction of sp³-hybridized carbons (Fsp3) is 0.318. The quantitative estimate of drug-likeness (QED) is 0.590. The first-order chi connectivity index (χ1) is 13.6. The number of hydrogen-bond donors (Lipinski definition) is 0. The van der Waals surface area contributed by atoms with Crippen molar-refractivity contribution in [2.75, 3.05) is 12.8 Å². The van der Waals surface area contributed by atoms with E-state index in [4.69, 9.17) is 4.42 Å². The van der Waals surface area contributed by atoms with Gasteiger partial charge in [-0.05, 0) is 48.9 Å². The van der Waals surface area contributed by atoms with E-state index in [9.17, 15) is 4.79 Å². The molecular formula is C22H23N3O2S. The maximum absolute atomic E-state index is 12.8. The Balaban J connectivity index is 1.41. The predicted molar refractivity (Wildman–Crippen MR) is 110 cm³/mol.